The van der Waals surface area contributed by atoms with Gasteiger partial charge in [0, 0.05) is 15.5 Å². The molecule has 0 aliphatic rings. The van der Waals surface area contributed by atoms with Crippen LogP contribution in [0.2, 0.25) is 0 Å². The molecule has 0 bridgehead atoms. The highest BCUT2D eigenvalue weighted by Gasteiger charge is 2.23. The molecule has 0 spiro atoms. The Kier molecular flexibility index (Phi) is 6.18. The first-order valence-corrected chi connectivity index (χ1v) is 10.5. The third kappa shape index (κ3) is 4.70. The maximum atomic E-state index is 11.2. The number of hydrogen-bond donors (Lipinski definition) is 0. The average molecular weight is 401 g/mol. The Balaban J connectivity index is 1.94. The van der Waals surface area contributed by atoms with Gasteiger partial charge in [0.1, 0.15) is 11.1 Å². The lowest BCUT2D eigenvalue weighted by Crippen LogP contribution is -2.11. The summed E-state index contributed by atoms with van der Waals surface area (Å²) < 4.78 is 1.94. The van der Waals surface area contributed by atoms with Crippen LogP contribution in [0.15, 0.2) is 58.6 Å². The fraction of sp³-hybridized carbons (Fsp3) is 0.263. The molecule has 3 aromatic rings. The van der Waals surface area contributed by atoms with Crippen molar-refractivity contribution >= 4 is 23.5 Å². The summed E-state index contributed by atoms with van der Waals surface area (Å²) in [6.07, 6.45) is 2.01. The van der Waals surface area contributed by atoms with Crippen LogP contribution in [0.1, 0.15) is 22.2 Å². The van der Waals surface area contributed by atoms with E-state index >= 15 is 0 Å². The molecule has 0 saturated carbocycles. The minimum absolute atomic E-state index is 0.177. The molecule has 27 heavy (non-hydrogen) atoms. The van der Waals surface area contributed by atoms with Crippen molar-refractivity contribution in [1.82, 2.24) is 14.8 Å². The second-order valence-corrected chi connectivity index (χ2v) is 8.15. The first kappa shape index (κ1) is 19.4. The Morgan fingerprint density at radius 3 is 2.33 bits per heavy atom. The highest BCUT2D eigenvalue weighted by Crippen LogP contribution is 2.36. The molecule has 1 heterocycles. The Morgan fingerprint density at radius 1 is 1.07 bits per heavy atom. The molecule has 8 heteroatoms. The number of aryl methyl sites for hydroxylation is 2. The molecule has 2 aromatic carbocycles. The van der Waals surface area contributed by atoms with Crippen molar-refractivity contribution in [3.8, 4) is 5.69 Å². The van der Waals surface area contributed by atoms with E-state index < -0.39 is 0 Å². The molecule has 3 rings (SSSR count). The summed E-state index contributed by atoms with van der Waals surface area (Å²) in [7, 11) is 0. The molecule has 0 aliphatic heterocycles. The molecule has 6 nitrogen and oxygen atoms in total. The number of nitro groups is 1. The Morgan fingerprint density at radius 2 is 1.74 bits per heavy atom. The van der Waals surface area contributed by atoms with E-state index in [-0.39, 0.29) is 16.7 Å². The summed E-state index contributed by atoms with van der Waals surface area (Å²) in [5, 5.41) is 20.0. The van der Waals surface area contributed by atoms with Crippen LogP contribution in [0.5, 0.6) is 0 Å². The number of aromatic nitrogens is 3. The van der Waals surface area contributed by atoms with Gasteiger partial charge in [0.25, 0.3) is 0 Å². The molecule has 0 unspecified atom stereocenters. The van der Waals surface area contributed by atoms with E-state index in [0.29, 0.717) is 5.16 Å². The van der Waals surface area contributed by atoms with Gasteiger partial charge in [0.05, 0.1) is 0 Å². The number of benzene rings is 2. The normalized spacial score (nSPS) is 12.1. The third-order valence-corrected chi connectivity index (χ3v) is 6.06. The van der Waals surface area contributed by atoms with Gasteiger partial charge in [-0.05, 0) is 49.9 Å². The van der Waals surface area contributed by atoms with Gasteiger partial charge in [-0.2, -0.15) is 0 Å². The SMILES string of the molecule is CSc1ccc([C@@H](C[N+](=O)[O-])Sc2nnc(C)n2-c2ccc(C)cc2)cc1. The van der Waals surface area contributed by atoms with Gasteiger partial charge in [0.15, 0.2) is 5.16 Å². The lowest BCUT2D eigenvalue weighted by Gasteiger charge is -2.14. The van der Waals surface area contributed by atoms with Gasteiger partial charge in [0.2, 0.25) is 6.54 Å². The first-order valence-electron chi connectivity index (χ1n) is 8.39. The van der Waals surface area contributed by atoms with Crippen molar-refractivity contribution in [3.05, 3.63) is 75.6 Å². The smallest absolute Gasteiger partial charge is 0.220 e. The van der Waals surface area contributed by atoms with Crippen LogP contribution in [0.25, 0.3) is 5.69 Å². The summed E-state index contributed by atoms with van der Waals surface area (Å²) in [5.74, 6) is 0.749. The zero-order valence-corrected chi connectivity index (χ0v) is 17.0. The molecule has 0 aliphatic carbocycles. The van der Waals surface area contributed by atoms with Crippen molar-refractivity contribution in [2.24, 2.45) is 0 Å². The highest BCUT2D eigenvalue weighted by atomic mass is 32.2. The quantitative estimate of drug-likeness (QED) is 0.325. The van der Waals surface area contributed by atoms with Gasteiger partial charge >= 0.3 is 0 Å². The number of nitrogens with zero attached hydrogens (tertiary/aromatic N) is 4. The second kappa shape index (κ2) is 8.58. The minimum Gasteiger partial charge on any atom is -0.274 e. The van der Waals surface area contributed by atoms with Gasteiger partial charge < -0.3 is 0 Å². The van der Waals surface area contributed by atoms with Crippen LogP contribution in [0, 0.1) is 24.0 Å². The van der Waals surface area contributed by atoms with Gasteiger partial charge in [-0.25, -0.2) is 0 Å². The Hall–Kier alpha value is -2.32. The fourth-order valence-corrected chi connectivity index (χ4v) is 4.29. The summed E-state index contributed by atoms with van der Waals surface area (Å²) in [4.78, 5) is 12.1. The van der Waals surface area contributed by atoms with E-state index in [1.165, 1.54) is 17.3 Å². The molecule has 0 fully saturated rings. The molecule has 0 radical (unpaired) electrons. The fourth-order valence-electron chi connectivity index (χ4n) is 2.70. The monoisotopic (exact) mass is 400 g/mol. The van der Waals surface area contributed by atoms with Crippen LogP contribution >= 0.6 is 23.5 Å². The van der Waals surface area contributed by atoms with E-state index in [1.807, 2.05) is 73.2 Å². The molecule has 140 valence electrons. The Bertz CT molecular complexity index is 924. The molecular formula is C19H20N4O2S2. The zero-order chi connectivity index (χ0) is 19.4. The second-order valence-electron chi connectivity index (χ2n) is 6.10. The topological polar surface area (TPSA) is 73.8 Å². The minimum atomic E-state index is -0.344. The molecular weight excluding hydrogens is 380 g/mol. The van der Waals surface area contributed by atoms with Gasteiger partial charge in [-0.1, -0.05) is 41.6 Å². The van der Waals surface area contributed by atoms with Gasteiger partial charge in [-0.3, -0.25) is 14.7 Å². The van der Waals surface area contributed by atoms with E-state index in [4.69, 9.17) is 0 Å². The predicted octanol–water partition coefficient (Wildman–Crippen LogP) is 4.72. The molecule has 0 amide bonds. The lowest BCUT2D eigenvalue weighted by atomic mass is 10.1. The maximum Gasteiger partial charge on any atom is 0.220 e. The van der Waals surface area contributed by atoms with Crippen molar-refractivity contribution in [1.29, 1.82) is 0 Å². The van der Waals surface area contributed by atoms with Gasteiger partial charge in [-0.15, -0.1) is 22.0 Å². The van der Waals surface area contributed by atoms with Crippen molar-refractivity contribution in [2.75, 3.05) is 12.8 Å². The van der Waals surface area contributed by atoms with Crippen LogP contribution in [0.3, 0.4) is 0 Å². The molecule has 0 N–H and O–H groups in total. The number of rotatable bonds is 7. The van der Waals surface area contributed by atoms with Crippen molar-refractivity contribution in [3.63, 3.8) is 0 Å². The summed E-state index contributed by atoms with van der Waals surface area (Å²) >= 11 is 3.02. The number of hydrogen-bond acceptors (Lipinski definition) is 6. The van der Waals surface area contributed by atoms with E-state index in [9.17, 15) is 10.1 Å². The van der Waals surface area contributed by atoms with Crippen LogP contribution in [-0.4, -0.2) is 32.5 Å². The molecule has 1 atom stereocenters. The Labute approximate surface area is 166 Å². The molecule has 1 aromatic heterocycles. The lowest BCUT2D eigenvalue weighted by molar-refractivity contribution is -0.479. The van der Waals surface area contributed by atoms with E-state index in [0.717, 1.165) is 22.0 Å². The first-order chi connectivity index (χ1) is 13.0. The van der Waals surface area contributed by atoms with Crippen LogP contribution in [-0.2, 0) is 0 Å². The average Bonchev–Trinajstić information content (AvgIpc) is 3.02. The zero-order valence-electron chi connectivity index (χ0n) is 15.3. The summed E-state index contributed by atoms with van der Waals surface area (Å²) in [6, 6.07) is 15.9. The van der Waals surface area contributed by atoms with E-state index in [1.54, 1.807) is 11.8 Å². The van der Waals surface area contributed by atoms with Crippen LogP contribution < -0.4 is 0 Å². The third-order valence-electron chi connectivity index (χ3n) is 4.14. The highest BCUT2D eigenvalue weighted by molar-refractivity contribution is 7.99. The van der Waals surface area contributed by atoms with Crippen molar-refractivity contribution < 1.29 is 4.92 Å². The summed E-state index contributed by atoms with van der Waals surface area (Å²) in [5.41, 5.74) is 3.02. The summed E-state index contributed by atoms with van der Waals surface area (Å²) in [6.45, 7) is 3.74. The number of thioether (sulfide) groups is 2. The molecule has 0 saturated heterocycles. The predicted molar refractivity (Wildman–Crippen MR) is 110 cm³/mol. The van der Waals surface area contributed by atoms with Crippen molar-refractivity contribution in [2.45, 2.75) is 29.1 Å². The van der Waals surface area contributed by atoms with Crippen LogP contribution in [0.4, 0.5) is 0 Å². The van der Waals surface area contributed by atoms with E-state index in [2.05, 4.69) is 10.2 Å². The largest absolute Gasteiger partial charge is 0.274 e. The maximum absolute atomic E-state index is 11.2. The standard InChI is InChI=1S/C19H20N4O2S2/c1-13-4-8-16(9-5-13)23-14(2)20-21-19(23)27-18(12-22(24)25)15-6-10-17(26-3)11-7-15/h4-11,18H,12H2,1-3H3/t18-/m1/s1.